The maximum Gasteiger partial charge on any atom is -0.0104 e. The molecule has 102 valence electrons. The molecule has 0 aromatic carbocycles. The Kier molecular flexibility index (Phi) is 11.8. The number of allylic oxidation sites excluding steroid dienone is 4. The summed E-state index contributed by atoms with van der Waals surface area (Å²) < 4.78 is 0. The van der Waals surface area contributed by atoms with Crippen molar-refractivity contribution in [3.05, 3.63) is 23.3 Å². The minimum atomic E-state index is 0.411. The Morgan fingerprint density at radius 1 is 1.12 bits per heavy atom. The molecule has 0 heteroatoms. The van der Waals surface area contributed by atoms with E-state index >= 15 is 0 Å². The van der Waals surface area contributed by atoms with E-state index in [0.717, 1.165) is 6.42 Å². The predicted octanol–water partition coefficient (Wildman–Crippen LogP) is 6.53. The predicted molar refractivity (Wildman–Crippen MR) is 82.5 cm³/mol. The van der Waals surface area contributed by atoms with E-state index < -0.39 is 0 Å². The molecule has 17 heavy (non-hydrogen) atoms. The molecule has 0 spiro atoms. The van der Waals surface area contributed by atoms with E-state index in [0.29, 0.717) is 5.41 Å². The second-order valence-electron chi connectivity index (χ2n) is 4.74. The van der Waals surface area contributed by atoms with Crippen molar-refractivity contribution in [1.82, 2.24) is 0 Å². The molecule has 0 aromatic heterocycles. The fourth-order valence-corrected chi connectivity index (χ4v) is 2.25. The van der Waals surface area contributed by atoms with Gasteiger partial charge in [0.2, 0.25) is 0 Å². The van der Waals surface area contributed by atoms with Crippen molar-refractivity contribution in [1.29, 1.82) is 0 Å². The van der Waals surface area contributed by atoms with E-state index in [4.69, 9.17) is 0 Å². The second-order valence-corrected chi connectivity index (χ2v) is 4.74. The Balaban J connectivity index is 0. The van der Waals surface area contributed by atoms with E-state index in [2.05, 4.69) is 39.8 Å². The van der Waals surface area contributed by atoms with Crippen LogP contribution >= 0.6 is 0 Å². The molecule has 0 atom stereocenters. The van der Waals surface area contributed by atoms with Gasteiger partial charge in [-0.1, -0.05) is 66.2 Å². The van der Waals surface area contributed by atoms with Crippen LogP contribution in [0.2, 0.25) is 0 Å². The van der Waals surface area contributed by atoms with Crippen molar-refractivity contribution in [2.45, 2.75) is 81.1 Å². The smallest absolute Gasteiger partial charge is 0.0104 e. The Hall–Kier alpha value is -0.520. The maximum atomic E-state index is 2.37. The number of hydrogen-bond acceptors (Lipinski definition) is 0. The summed E-state index contributed by atoms with van der Waals surface area (Å²) >= 11 is 0. The molecule has 0 nitrogen and oxygen atoms in total. The largest absolute Gasteiger partial charge is 0.0845 e. The molecule has 0 radical (unpaired) electrons. The average Bonchev–Trinajstić information content (AvgIpc) is 2.33. The first kappa shape index (κ1) is 18.8. The Labute approximate surface area is 110 Å². The van der Waals surface area contributed by atoms with Crippen LogP contribution in [0.5, 0.6) is 0 Å². The van der Waals surface area contributed by atoms with Gasteiger partial charge < -0.3 is 0 Å². The van der Waals surface area contributed by atoms with Crippen molar-refractivity contribution < 1.29 is 0 Å². The van der Waals surface area contributed by atoms with Gasteiger partial charge in [-0.25, -0.2) is 0 Å². The van der Waals surface area contributed by atoms with Crippen molar-refractivity contribution >= 4 is 0 Å². The molecular formula is C17H34. The van der Waals surface area contributed by atoms with Crippen LogP contribution in [0.4, 0.5) is 0 Å². The standard InChI is InChI=1S/C13H22.2C2H6/c1-5-6-9-12-11(2)8-7-10-13(12,3)4;2*1-2/h6,9H,5,7-8,10H2,1-4H3;2*1-2H3/b9-6+;;. The molecule has 0 unspecified atom stereocenters. The molecule has 1 rings (SSSR count). The molecule has 0 heterocycles. The van der Waals surface area contributed by atoms with Crippen LogP contribution in [0.25, 0.3) is 0 Å². The molecule has 0 fully saturated rings. The van der Waals surface area contributed by atoms with Gasteiger partial charge in [0.15, 0.2) is 0 Å². The molecule has 0 aromatic rings. The Morgan fingerprint density at radius 3 is 2.06 bits per heavy atom. The van der Waals surface area contributed by atoms with E-state index in [1.165, 1.54) is 19.3 Å². The SMILES string of the molecule is CC.CC.CC/C=C/C1=C(C)CCCC1(C)C. The summed E-state index contributed by atoms with van der Waals surface area (Å²) in [4.78, 5) is 0. The van der Waals surface area contributed by atoms with E-state index in [9.17, 15) is 0 Å². The minimum absolute atomic E-state index is 0.411. The van der Waals surface area contributed by atoms with Crippen LogP contribution in [0.15, 0.2) is 23.3 Å². The lowest BCUT2D eigenvalue weighted by molar-refractivity contribution is 0.376. The van der Waals surface area contributed by atoms with Crippen molar-refractivity contribution in [3.8, 4) is 0 Å². The maximum absolute atomic E-state index is 2.37. The molecule has 1 aliphatic rings. The van der Waals surface area contributed by atoms with E-state index in [1.54, 1.807) is 11.1 Å². The highest BCUT2D eigenvalue weighted by Crippen LogP contribution is 2.40. The zero-order valence-corrected chi connectivity index (χ0v) is 13.5. The van der Waals surface area contributed by atoms with Gasteiger partial charge in [-0.3, -0.25) is 0 Å². The number of rotatable bonds is 2. The molecule has 0 saturated heterocycles. The minimum Gasteiger partial charge on any atom is -0.0845 e. The summed E-state index contributed by atoms with van der Waals surface area (Å²) in [5, 5.41) is 0. The number of hydrogen-bond donors (Lipinski definition) is 0. The van der Waals surface area contributed by atoms with Crippen LogP contribution in [0.1, 0.15) is 81.1 Å². The lowest BCUT2D eigenvalue weighted by Crippen LogP contribution is -2.18. The average molecular weight is 238 g/mol. The first-order valence-electron chi connectivity index (χ1n) is 7.44. The molecule has 0 saturated carbocycles. The summed E-state index contributed by atoms with van der Waals surface area (Å²) in [6, 6.07) is 0. The normalized spacial score (nSPS) is 18.1. The van der Waals surface area contributed by atoms with Gasteiger partial charge in [-0.2, -0.15) is 0 Å². The fraction of sp³-hybridized carbons (Fsp3) is 0.765. The van der Waals surface area contributed by atoms with Crippen LogP contribution in [-0.2, 0) is 0 Å². The highest BCUT2D eigenvalue weighted by atomic mass is 14.3. The highest BCUT2D eigenvalue weighted by Gasteiger charge is 2.26. The van der Waals surface area contributed by atoms with Crippen molar-refractivity contribution in [2.24, 2.45) is 5.41 Å². The summed E-state index contributed by atoms with van der Waals surface area (Å²) in [6.45, 7) is 17.2. The van der Waals surface area contributed by atoms with Crippen molar-refractivity contribution in [2.75, 3.05) is 0 Å². The Bertz CT molecular complexity index is 228. The lowest BCUT2D eigenvalue weighted by Gasteiger charge is -2.32. The van der Waals surface area contributed by atoms with Crippen LogP contribution in [-0.4, -0.2) is 0 Å². The summed E-state index contributed by atoms with van der Waals surface area (Å²) in [5.74, 6) is 0. The zero-order chi connectivity index (χ0) is 13.9. The monoisotopic (exact) mass is 238 g/mol. The third kappa shape index (κ3) is 6.71. The van der Waals surface area contributed by atoms with Gasteiger partial charge >= 0.3 is 0 Å². The molecule has 0 amide bonds. The van der Waals surface area contributed by atoms with Gasteiger partial charge in [0.25, 0.3) is 0 Å². The first-order valence-corrected chi connectivity index (χ1v) is 7.44. The second kappa shape index (κ2) is 10.6. The van der Waals surface area contributed by atoms with Crippen molar-refractivity contribution in [3.63, 3.8) is 0 Å². The topological polar surface area (TPSA) is 0 Å². The fourth-order valence-electron chi connectivity index (χ4n) is 2.25. The van der Waals surface area contributed by atoms with Gasteiger partial charge in [0.1, 0.15) is 0 Å². The van der Waals surface area contributed by atoms with Crippen LogP contribution < -0.4 is 0 Å². The summed E-state index contributed by atoms with van der Waals surface area (Å²) in [7, 11) is 0. The van der Waals surface area contributed by atoms with Gasteiger partial charge in [-0.15, -0.1) is 0 Å². The molecule has 0 N–H and O–H groups in total. The zero-order valence-electron chi connectivity index (χ0n) is 13.5. The molecular weight excluding hydrogens is 204 g/mol. The van der Waals surface area contributed by atoms with Crippen LogP contribution in [0, 0.1) is 5.41 Å². The third-order valence-corrected chi connectivity index (χ3v) is 3.06. The first-order chi connectivity index (χ1) is 8.08. The molecule has 0 aliphatic heterocycles. The summed E-state index contributed by atoms with van der Waals surface area (Å²) in [6.07, 6.45) is 9.77. The lowest BCUT2D eigenvalue weighted by atomic mass is 9.72. The van der Waals surface area contributed by atoms with Gasteiger partial charge in [0, 0.05) is 0 Å². The van der Waals surface area contributed by atoms with Gasteiger partial charge in [0.05, 0.1) is 0 Å². The Morgan fingerprint density at radius 2 is 1.65 bits per heavy atom. The molecule has 0 bridgehead atoms. The van der Waals surface area contributed by atoms with Gasteiger partial charge in [-0.05, 0) is 43.6 Å². The third-order valence-electron chi connectivity index (χ3n) is 3.06. The van der Waals surface area contributed by atoms with Crippen LogP contribution in [0.3, 0.4) is 0 Å². The highest BCUT2D eigenvalue weighted by molar-refractivity contribution is 5.32. The molecule has 1 aliphatic carbocycles. The summed E-state index contributed by atoms with van der Waals surface area (Å²) in [5.41, 5.74) is 3.59. The van der Waals surface area contributed by atoms with E-state index in [1.807, 2.05) is 27.7 Å². The quantitative estimate of drug-likeness (QED) is 0.513. The van der Waals surface area contributed by atoms with E-state index in [-0.39, 0.29) is 0 Å².